The predicted molar refractivity (Wildman–Crippen MR) is 153 cm³/mol. The molecule has 198 valence electrons. The molecule has 0 aliphatic carbocycles. The third-order valence-corrected chi connectivity index (χ3v) is 7.86. The molecule has 0 amide bonds. The van der Waals surface area contributed by atoms with Crippen LogP contribution in [-0.2, 0) is 0 Å². The molecule has 0 saturated carbocycles. The summed E-state index contributed by atoms with van der Waals surface area (Å²) in [4.78, 5) is 13.9. The van der Waals surface area contributed by atoms with Gasteiger partial charge in [-0.2, -0.15) is 4.98 Å². The summed E-state index contributed by atoms with van der Waals surface area (Å²) in [6.45, 7) is 3.21. The van der Waals surface area contributed by atoms with Crippen molar-refractivity contribution in [3.05, 3.63) is 53.3 Å². The van der Waals surface area contributed by atoms with E-state index in [1.54, 1.807) is 18.2 Å². The highest BCUT2D eigenvalue weighted by Gasteiger charge is 2.34. The molecule has 6 rings (SSSR count). The molecule has 2 unspecified atom stereocenters. The smallest absolute Gasteiger partial charge is 0.225 e. The number of halogens is 2. The number of anilines is 2. The normalized spacial score (nSPS) is 19.1. The topological polar surface area (TPSA) is 76.5 Å². The highest BCUT2D eigenvalue weighted by atomic mass is 35.5. The molecule has 4 aromatic rings. The van der Waals surface area contributed by atoms with Crippen molar-refractivity contribution in [2.24, 2.45) is 0 Å². The summed E-state index contributed by atoms with van der Waals surface area (Å²) < 4.78 is 16.5. The summed E-state index contributed by atoms with van der Waals surface area (Å²) in [5.41, 5.74) is 0.989. The molecule has 0 radical (unpaired) electrons. The fourth-order valence-corrected chi connectivity index (χ4v) is 6.11. The molecular weight excluding hydrogens is 503 g/mol. The lowest BCUT2D eigenvalue weighted by Gasteiger charge is -2.34. The second-order valence-corrected chi connectivity index (χ2v) is 11.1. The number of aromatic hydroxyl groups is 1. The molecule has 2 aliphatic heterocycles. The van der Waals surface area contributed by atoms with E-state index in [0.717, 1.165) is 49.7 Å². The average molecular weight is 535 g/mol. The Morgan fingerprint density at radius 3 is 2.63 bits per heavy atom. The van der Waals surface area contributed by atoms with E-state index in [1.165, 1.54) is 0 Å². The van der Waals surface area contributed by atoms with Crippen LogP contribution in [0, 0.1) is 5.82 Å². The van der Waals surface area contributed by atoms with Gasteiger partial charge in [0.1, 0.15) is 17.1 Å². The van der Waals surface area contributed by atoms with Crippen molar-refractivity contribution in [3.63, 3.8) is 0 Å². The van der Waals surface area contributed by atoms with Crippen LogP contribution in [-0.4, -0.2) is 72.3 Å². The van der Waals surface area contributed by atoms with E-state index in [0.29, 0.717) is 41.3 Å². The van der Waals surface area contributed by atoms with Gasteiger partial charge in [0, 0.05) is 42.7 Å². The van der Waals surface area contributed by atoms with Gasteiger partial charge >= 0.3 is 0 Å². The molecule has 2 saturated heterocycles. The number of rotatable bonds is 7. The minimum Gasteiger partial charge on any atom is -0.508 e. The number of nitrogens with one attached hydrogen (secondary N) is 2. The van der Waals surface area contributed by atoms with Crippen molar-refractivity contribution in [1.82, 2.24) is 20.2 Å². The first kappa shape index (κ1) is 25.1. The van der Waals surface area contributed by atoms with Crippen molar-refractivity contribution >= 4 is 45.0 Å². The lowest BCUT2D eigenvalue weighted by molar-refractivity contribution is 0.405. The molecule has 2 fully saturated rings. The minimum atomic E-state index is -0.513. The third-order valence-electron chi connectivity index (χ3n) is 7.56. The lowest BCUT2D eigenvalue weighted by Crippen LogP contribution is -2.51. The van der Waals surface area contributed by atoms with Crippen molar-refractivity contribution < 1.29 is 9.50 Å². The van der Waals surface area contributed by atoms with E-state index in [4.69, 9.17) is 16.6 Å². The first-order valence-corrected chi connectivity index (χ1v) is 13.6. The van der Waals surface area contributed by atoms with Crippen LogP contribution in [0.4, 0.5) is 16.2 Å². The molecule has 2 aliphatic rings. The standard InChI is InChI=1S/C29H32ClFN6O/c1-36(2)11-5-10-32-29-34-27-23(28(35-29)37-15-18-8-9-19(16-37)33-18)14-24(30)25(26(27)31)22-13-20(38)12-17-6-3-4-7-21(17)22/h3-4,6-7,12-14,18-19,33,38H,5,8-11,15-16H2,1-2H3,(H,32,34,35). The van der Waals surface area contributed by atoms with Gasteiger partial charge in [-0.15, -0.1) is 0 Å². The Kier molecular flexibility index (Phi) is 6.72. The van der Waals surface area contributed by atoms with Crippen LogP contribution in [0.3, 0.4) is 0 Å². The van der Waals surface area contributed by atoms with Crippen LogP contribution in [0.25, 0.3) is 32.8 Å². The predicted octanol–water partition coefficient (Wildman–Crippen LogP) is 5.25. The largest absolute Gasteiger partial charge is 0.508 e. The fourth-order valence-electron chi connectivity index (χ4n) is 5.81. The number of hydrogen-bond donors (Lipinski definition) is 3. The summed E-state index contributed by atoms with van der Waals surface area (Å²) >= 11 is 6.82. The second kappa shape index (κ2) is 10.2. The van der Waals surface area contributed by atoms with E-state index in [-0.39, 0.29) is 21.9 Å². The van der Waals surface area contributed by atoms with Crippen molar-refractivity contribution in [2.75, 3.05) is 50.5 Å². The Hall–Kier alpha value is -3.20. The molecule has 0 spiro atoms. The van der Waals surface area contributed by atoms with Gasteiger partial charge in [-0.25, -0.2) is 9.37 Å². The molecule has 3 heterocycles. The molecule has 2 bridgehead atoms. The zero-order valence-corrected chi connectivity index (χ0v) is 22.4. The Morgan fingerprint density at radius 1 is 1.11 bits per heavy atom. The quantitative estimate of drug-likeness (QED) is 0.279. The van der Waals surface area contributed by atoms with Crippen molar-refractivity contribution in [1.29, 1.82) is 0 Å². The summed E-state index contributed by atoms with van der Waals surface area (Å²) in [6, 6.07) is 13.4. The second-order valence-electron chi connectivity index (χ2n) is 10.7. The third kappa shape index (κ3) is 4.72. The number of phenols is 1. The van der Waals surface area contributed by atoms with Crippen LogP contribution in [0.15, 0.2) is 42.5 Å². The number of hydrogen-bond acceptors (Lipinski definition) is 7. The summed E-state index contributed by atoms with van der Waals surface area (Å²) in [7, 11) is 4.07. The van der Waals surface area contributed by atoms with Gasteiger partial charge in [0.25, 0.3) is 0 Å². The molecule has 3 aromatic carbocycles. The van der Waals surface area contributed by atoms with E-state index >= 15 is 4.39 Å². The molecule has 1 aromatic heterocycles. The van der Waals surface area contributed by atoms with Crippen LogP contribution in [0.5, 0.6) is 5.75 Å². The molecule has 2 atom stereocenters. The van der Waals surface area contributed by atoms with E-state index in [1.807, 2.05) is 38.4 Å². The molecule has 3 N–H and O–H groups in total. The summed E-state index contributed by atoms with van der Waals surface area (Å²) in [5, 5.41) is 19.9. The Labute approximate surface area is 226 Å². The van der Waals surface area contributed by atoms with Gasteiger partial charge in [-0.3, -0.25) is 0 Å². The van der Waals surface area contributed by atoms with Crippen LogP contribution in [0.2, 0.25) is 5.02 Å². The first-order chi connectivity index (χ1) is 18.4. The Balaban J connectivity index is 1.50. The van der Waals surface area contributed by atoms with Crippen LogP contribution in [0.1, 0.15) is 19.3 Å². The van der Waals surface area contributed by atoms with Crippen molar-refractivity contribution in [3.8, 4) is 16.9 Å². The SMILES string of the molecule is CN(C)CCCNc1nc(N2CC3CCC(C2)N3)c2cc(Cl)c(-c3cc(O)cc4ccccc34)c(F)c2n1. The highest BCUT2D eigenvalue weighted by molar-refractivity contribution is 6.35. The average Bonchev–Trinajstić information content (AvgIpc) is 3.23. The van der Waals surface area contributed by atoms with Gasteiger partial charge in [-0.05, 0) is 74.4 Å². The monoisotopic (exact) mass is 534 g/mol. The zero-order valence-electron chi connectivity index (χ0n) is 21.6. The summed E-state index contributed by atoms with van der Waals surface area (Å²) in [5.74, 6) is 0.653. The minimum absolute atomic E-state index is 0.0529. The Bertz CT molecular complexity index is 1500. The molecular formula is C29H32ClFN6O. The van der Waals surface area contributed by atoms with Gasteiger partial charge in [-0.1, -0.05) is 35.9 Å². The van der Waals surface area contributed by atoms with E-state index in [2.05, 4.69) is 25.4 Å². The number of aromatic nitrogens is 2. The number of benzene rings is 3. The summed E-state index contributed by atoms with van der Waals surface area (Å²) in [6.07, 6.45) is 3.17. The van der Waals surface area contributed by atoms with Crippen LogP contribution < -0.4 is 15.5 Å². The molecule has 9 heteroatoms. The molecule has 38 heavy (non-hydrogen) atoms. The maximum Gasteiger partial charge on any atom is 0.225 e. The van der Waals surface area contributed by atoms with Crippen LogP contribution >= 0.6 is 11.6 Å². The first-order valence-electron chi connectivity index (χ1n) is 13.2. The van der Waals surface area contributed by atoms with Gasteiger partial charge in [0.05, 0.1) is 5.02 Å². The number of piperazine rings is 1. The maximum absolute atomic E-state index is 16.5. The van der Waals surface area contributed by atoms with Crippen molar-refractivity contribution in [2.45, 2.75) is 31.3 Å². The highest BCUT2D eigenvalue weighted by Crippen LogP contribution is 2.42. The number of fused-ring (bicyclic) bond motifs is 4. The number of phenolic OH excluding ortho intramolecular Hbond substituents is 1. The van der Waals surface area contributed by atoms with E-state index in [9.17, 15) is 5.11 Å². The molecule has 7 nitrogen and oxygen atoms in total. The van der Waals surface area contributed by atoms with Gasteiger partial charge < -0.3 is 25.5 Å². The lowest BCUT2D eigenvalue weighted by atomic mass is 9.96. The van der Waals surface area contributed by atoms with Gasteiger partial charge in [0.15, 0.2) is 5.82 Å². The maximum atomic E-state index is 16.5. The van der Waals surface area contributed by atoms with Gasteiger partial charge in [0.2, 0.25) is 5.95 Å². The zero-order chi connectivity index (χ0) is 26.4. The number of nitrogens with zero attached hydrogens (tertiary/aromatic N) is 4. The fraction of sp³-hybridized carbons (Fsp3) is 0.379. The Morgan fingerprint density at radius 2 is 1.87 bits per heavy atom. The van der Waals surface area contributed by atoms with E-state index < -0.39 is 5.82 Å².